The molecular formula is C9H11Cl3N2. The van der Waals surface area contributed by atoms with Crippen LogP contribution in [-0.4, -0.2) is 4.98 Å². The van der Waals surface area contributed by atoms with E-state index in [0.29, 0.717) is 15.6 Å². The molecular weight excluding hydrogens is 242 g/mol. The van der Waals surface area contributed by atoms with E-state index in [1.165, 1.54) is 6.20 Å². The Morgan fingerprint density at radius 1 is 1.43 bits per heavy atom. The normalized spacial score (nSPS) is 12.9. The molecule has 0 saturated heterocycles. The molecule has 0 aromatic carbocycles. The van der Waals surface area contributed by atoms with Crippen molar-refractivity contribution in [3.63, 3.8) is 0 Å². The maximum atomic E-state index is 5.97. The van der Waals surface area contributed by atoms with Gasteiger partial charge in [-0.3, -0.25) is 0 Å². The standard InChI is InChI=1S/C9H11Cl3N2/c1-2-3-6(13)7-5(10)4-14-9(12)8(7)11/h4,6H,2-3,13H2,1H3/t6-/m1/s1. The van der Waals surface area contributed by atoms with Gasteiger partial charge in [-0.25, -0.2) is 4.98 Å². The lowest BCUT2D eigenvalue weighted by Crippen LogP contribution is -2.11. The Bertz CT molecular complexity index is 328. The zero-order chi connectivity index (χ0) is 10.7. The Morgan fingerprint density at radius 2 is 2.07 bits per heavy atom. The summed E-state index contributed by atoms with van der Waals surface area (Å²) in [4.78, 5) is 3.83. The minimum Gasteiger partial charge on any atom is -0.324 e. The van der Waals surface area contributed by atoms with Gasteiger partial charge in [0.1, 0.15) is 5.15 Å². The molecule has 1 heterocycles. The zero-order valence-corrected chi connectivity index (χ0v) is 10.00. The van der Waals surface area contributed by atoms with Crippen LogP contribution >= 0.6 is 34.8 Å². The van der Waals surface area contributed by atoms with Crippen molar-refractivity contribution in [2.24, 2.45) is 5.73 Å². The van der Waals surface area contributed by atoms with Crippen molar-refractivity contribution in [3.05, 3.63) is 27.0 Å². The van der Waals surface area contributed by atoms with Gasteiger partial charge in [0.05, 0.1) is 10.0 Å². The second-order valence-corrected chi connectivity index (χ2v) is 4.16. The van der Waals surface area contributed by atoms with Gasteiger partial charge in [0, 0.05) is 17.8 Å². The fraction of sp³-hybridized carbons (Fsp3) is 0.444. The third kappa shape index (κ3) is 2.51. The number of nitrogens with zero attached hydrogens (tertiary/aromatic N) is 1. The fourth-order valence-electron chi connectivity index (χ4n) is 1.25. The van der Waals surface area contributed by atoms with Crippen LogP contribution in [0.1, 0.15) is 31.4 Å². The van der Waals surface area contributed by atoms with Gasteiger partial charge < -0.3 is 5.73 Å². The summed E-state index contributed by atoms with van der Waals surface area (Å²) < 4.78 is 0. The number of hydrogen-bond donors (Lipinski definition) is 1. The first-order chi connectivity index (χ1) is 6.57. The Kier molecular flexibility index (Phi) is 4.45. The summed E-state index contributed by atoms with van der Waals surface area (Å²) in [7, 11) is 0. The summed E-state index contributed by atoms with van der Waals surface area (Å²) in [6.07, 6.45) is 3.26. The Labute approximate surface area is 98.4 Å². The monoisotopic (exact) mass is 252 g/mol. The molecule has 0 saturated carbocycles. The SMILES string of the molecule is CCC[C@@H](N)c1c(Cl)cnc(Cl)c1Cl. The third-order valence-electron chi connectivity index (χ3n) is 1.94. The lowest BCUT2D eigenvalue weighted by Gasteiger charge is -2.14. The van der Waals surface area contributed by atoms with Crippen LogP contribution in [0, 0.1) is 0 Å². The minimum absolute atomic E-state index is 0.180. The smallest absolute Gasteiger partial charge is 0.148 e. The molecule has 5 heteroatoms. The van der Waals surface area contributed by atoms with Gasteiger partial charge in [0.15, 0.2) is 0 Å². The molecule has 2 N–H and O–H groups in total. The van der Waals surface area contributed by atoms with Crippen LogP contribution in [0.3, 0.4) is 0 Å². The molecule has 0 aliphatic carbocycles. The lowest BCUT2D eigenvalue weighted by atomic mass is 10.0. The molecule has 0 unspecified atom stereocenters. The van der Waals surface area contributed by atoms with Crippen LogP contribution in [0.15, 0.2) is 6.20 Å². The van der Waals surface area contributed by atoms with Gasteiger partial charge in [-0.15, -0.1) is 0 Å². The van der Waals surface area contributed by atoms with E-state index in [4.69, 9.17) is 40.5 Å². The summed E-state index contributed by atoms with van der Waals surface area (Å²) in [5, 5.41) is 1.08. The van der Waals surface area contributed by atoms with Crippen molar-refractivity contribution >= 4 is 34.8 Å². The van der Waals surface area contributed by atoms with E-state index in [9.17, 15) is 0 Å². The van der Waals surface area contributed by atoms with E-state index < -0.39 is 0 Å². The second-order valence-electron chi connectivity index (χ2n) is 3.02. The van der Waals surface area contributed by atoms with Crippen molar-refractivity contribution in [1.82, 2.24) is 4.98 Å². The van der Waals surface area contributed by atoms with E-state index in [1.54, 1.807) is 0 Å². The first kappa shape index (κ1) is 12.1. The van der Waals surface area contributed by atoms with Crippen LogP contribution in [0.2, 0.25) is 15.2 Å². The van der Waals surface area contributed by atoms with E-state index in [1.807, 2.05) is 6.92 Å². The van der Waals surface area contributed by atoms with Crippen molar-refractivity contribution in [2.45, 2.75) is 25.8 Å². The number of hydrogen-bond acceptors (Lipinski definition) is 2. The molecule has 0 spiro atoms. The van der Waals surface area contributed by atoms with Gasteiger partial charge in [-0.05, 0) is 6.42 Å². The number of pyridine rings is 1. The average Bonchev–Trinajstić information content (AvgIpc) is 2.13. The molecule has 1 atom stereocenters. The Morgan fingerprint density at radius 3 is 2.64 bits per heavy atom. The van der Waals surface area contributed by atoms with Crippen LogP contribution < -0.4 is 5.73 Å². The van der Waals surface area contributed by atoms with Crippen LogP contribution in [0.4, 0.5) is 0 Å². The molecule has 0 aliphatic heterocycles. The van der Waals surface area contributed by atoms with Crippen molar-refractivity contribution in [2.75, 3.05) is 0 Å². The van der Waals surface area contributed by atoms with Gasteiger partial charge >= 0.3 is 0 Å². The van der Waals surface area contributed by atoms with E-state index in [2.05, 4.69) is 4.98 Å². The molecule has 0 radical (unpaired) electrons. The van der Waals surface area contributed by atoms with Gasteiger partial charge in [-0.1, -0.05) is 48.1 Å². The molecule has 1 aromatic rings. The fourth-order valence-corrected chi connectivity index (χ4v) is 2.02. The van der Waals surface area contributed by atoms with Crippen molar-refractivity contribution in [3.8, 4) is 0 Å². The van der Waals surface area contributed by atoms with Gasteiger partial charge in [0.25, 0.3) is 0 Å². The summed E-state index contributed by atoms with van der Waals surface area (Å²) in [6, 6.07) is -0.180. The highest BCUT2D eigenvalue weighted by molar-refractivity contribution is 6.43. The largest absolute Gasteiger partial charge is 0.324 e. The van der Waals surface area contributed by atoms with Crippen LogP contribution in [0.25, 0.3) is 0 Å². The number of nitrogens with two attached hydrogens (primary N) is 1. The summed E-state index contributed by atoms with van der Waals surface area (Å²) >= 11 is 17.7. The molecule has 0 amide bonds. The summed E-state index contributed by atoms with van der Waals surface area (Å²) in [6.45, 7) is 2.05. The number of aromatic nitrogens is 1. The zero-order valence-electron chi connectivity index (χ0n) is 7.73. The molecule has 0 fully saturated rings. The molecule has 1 rings (SSSR count). The molecule has 0 aliphatic rings. The summed E-state index contributed by atoms with van der Waals surface area (Å²) in [5.41, 5.74) is 6.61. The van der Waals surface area contributed by atoms with Gasteiger partial charge in [0.2, 0.25) is 0 Å². The topological polar surface area (TPSA) is 38.9 Å². The predicted octanol–water partition coefficient (Wildman–Crippen LogP) is 3.84. The second kappa shape index (κ2) is 5.17. The highest BCUT2D eigenvalue weighted by Crippen LogP contribution is 2.34. The Hall–Kier alpha value is -0.0200. The van der Waals surface area contributed by atoms with E-state index >= 15 is 0 Å². The predicted molar refractivity (Wildman–Crippen MR) is 61.1 cm³/mol. The number of halogens is 3. The van der Waals surface area contributed by atoms with Crippen molar-refractivity contribution < 1.29 is 0 Å². The molecule has 2 nitrogen and oxygen atoms in total. The first-order valence-corrected chi connectivity index (χ1v) is 5.46. The van der Waals surface area contributed by atoms with Crippen LogP contribution in [-0.2, 0) is 0 Å². The molecule has 0 bridgehead atoms. The minimum atomic E-state index is -0.180. The highest BCUT2D eigenvalue weighted by Gasteiger charge is 2.16. The van der Waals surface area contributed by atoms with Crippen LogP contribution in [0.5, 0.6) is 0 Å². The third-order valence-corrected chi connectivity index (χ3v) is 3.00. The molecule has 1 aromatic heterocycles. The van der Waals surface area contributed by atoms with E-state index in [-0.39, 0.29) is 11.2 Å². The van der Waals surface area contributed by atoms with E-state index in [0.717, 1.165) is 12.8 Å². The maximum absolute atomic E-state index is 5.97. The van der Waals surface area contributed by atoms with Crippen molar-refractivity contribution in [1.29, 1.82) is 0 Å². The lowest BCUT2D eigenvalue weighted by molar-refractivity contribution is 0.638. The Balaban J connectivity index is 3.11. The maximum Gasteiger partial charge on any atom is 0.148 e. The number of rotatable bonds is 3. The van der Waals surface area contributed by atoms with Gasteiger partial charge in [-0.2, -0.15) is 0 Å². The quantitative estimate of drug-likeness (QED) is 0.831. The molecule has 14 heavy (non-hydrogen) atoms. The first-order valence-electron chi connectivity index (χ1n) is 4.32. The average molecular weight is 254 g/mol. The molecule has 78 valence electrons. The summed E-state index contributed by atoms with van der Waals surface area (Å²) in [5.74, 6) is 0. The highest BCUT2D eigenvalue weighted by atomic mass is 35.5.